The van der Waals surface area contributed by atoms with Crippen molar-refractivity contribution in [1.82, 2.24) is 20.9 Å². The van der Waals surface area contributed by atoms with Crippen LogP contribution in [0.25, 0.3) is 0 Å². The summed E-state index contributed by atoms with van der Waals surface area (Å²) in [5.74, 6) is 0.791. The van der Waals surface area contributed by atoms with Crippen LogP contribution in [0.2, 0.25) is 0 Å². The van der Waals surface area contributed by atoms with Crippen LogP contribution in [0.5, 0.6) is 0 Å². The second-order valence-corrected chi connectivity index (χ2v) is 8.63. The molecule has 2 bridgehead atoms. The number of benzene rings is 1. The molecule has 3 heterocycles. The first-order valence-electron chi connectivity index (χ1n) is 10.3. The Bertz CT molecular complexity index is 839. The summed E-state index contributed by atoms with van der Waals surface area (Å²) in [5, 5.41) is 9.59. The number of amides is 3. The third-order valence-corrected chi connectivity index (χ3v) is 6.79. The number of rotatable bonds is 4. The Morgan fingerprint density at radius 3 is 2.86 bits per heavy atom. The molecule has 4 aliphatic rings. The highest BCUT2D eigenvalue weighted by Crippen LogP contribution is 2.34. The SMILES string of the molecule is O=C1CCC(N2Cc3cc(CN[C@@H]4C[C@H]5CNC[C@@H]4C5)ccc3C2=O)C(=O)N1. The minimum Gasteiger partial charge on any atom is -0.322 e. The first-order chi connectivity index (χ1) is 13.6. The van der Waals surface area contributed by atoms with Gasteiger partial charge in [0.05, 0.1) is 0 Å². The van der Waals surface area contributed by atoms with Crippen LogP contribution in [-0.2, 0) is 22.7 Å². The summed E-state index contributed by atoms with van der Waals surface area (Å²) in [6.45, 7) is 3.49. The van der Waals surface area contributed by atoms with E-state index in [0.29, 0.717) is 24.6 Å². The Morgan fingerprint density at radius 1 is 1.14 bits per heavy atom. The Morgan fingerprint density at radius 2 is 2.04 bits per heavy atom. The summed E-state index contributed by atoms with van der Waals surface area (Å²) in [4.78, 5) is 37.9. The van der Waals surface area contributed by atoms with E-state index in [4.69, 9.17) is 0 Å². The van der Waals surface area contributed by atoms with E-state index in [9.17, 15) is 14.4 Å². The Labute approximate surface area is 164 Å². The molecule has 2 saturated heterocycles. The van der Waals surface area contributed by atoms with Gasteiger partial charge in [0.2, 0.25) is 11.8 Å². The molecule has 0 aromatic heterocycles. The normalized spacial score (nSPS) is 31.9. The molecule has 1 unspecified atom stereocenters. The lowest BCUT2D eigenvalue weighted by Gasteiger charge is -2.29. The summed E-state index contributed by atoms with van der Waals surface area (Å²) in [5.41, 5.74) is 2.82. The Balaban J connectivity index is 1.25. The maximum Gasteiger partial charge on any atom is 0.255 e. The van der Waals surface area contributed by atoms with E-state index in [1.54, 1.807) is 4.90 Å². The smallest absolute Gasteiger partial charge is 0.255 e. The van der Waals surface area contributed by atoms with Gasteiger partial charge in [0.25, 0.3) is 5.91 Å². The van der Waals surface area contributed by atoms with Crippen LogP contribution < -0.4 is 16.0 Å². The van der Waals surface area contributed by atoms with Crippen LogP contribution >= 0.6 is 0 Å². The van der Waals surface area contributed by atoms with Crippen molar-refractivity contribution in [1.29, 1.82) is 0 Å². The molecule has 5 rings (SSSR count). The molecule has 0 spiro atoms. The monoisotopic (exact) mass is 382 g/mol. The first-order valence-corrected chi connectivity index (χ1v) is 10.3. The molecule has 7 heteroatoms. The molecule has 1 aliphatic carbocycles. The van der Waals surface area contributed by atoms with Gasteiger partial charge in [-0.05, 0) is 61.4 Å². The van der Waals surface area contributed by atoms with Crippen LogP contribution in [0.3, 0.4) is 0 Å². The average molecular weight is 382 g/mol. The number of nitrogens with zero attached hydrogens (tertiary/aromatic N) is 1. The quantitative estimate of drug-likeness (QED) is 0.661. The van der Waals surface area contributed by atoms with Crippen LogP contribution in [0.4, 0.5) is 0 Å². The molecule has 1 saturated carbocycles. The summed E-state index contributed by atoms with van der Waals surface area (Å²) < 4.78 is 0. The van der Waals surface area contributed by atoms with Gasteiger partial charge in [-0.2, -0.15) is 0 Å². The molecule has 0 radical (unpaired) electrons. The van der Waals surface area contributed by atoms with Crippen molar-refractivity contribution < 1.29 is 14.4 Å². The fourth-order valence-corrected chi connectivity index (χ4v) is 5.34. The van der Waals surface area contributed by atoms with Gasteiger partial charge in [-0.3, -0.25) is 19.7 Å². The van der Waals surface area contributed by atoms with E-state index >= 15 is 0 Å². The third kappa shape index (κ3) is 3.12. The molecule has 1 aromatic carbocycles. The van der Waals surface area contributed by atoms with Gasteiger partial charge in [-0.1, -0.05) is 12.1 Å². The van der Waals surface area contributed by atoms with E-state index in [0.717, 1.165) is 37.0 Å². The number of hydrogen-bond acceptors (Lipinski definition) is 5. The van der Waals surface area contributed by atoms with Crippen LogP contribution in [-0.4, -0.2) is 47.8 Å². The van der Waals surface area contributed by atoms with Crippen molar-refractivity contribution in [3.05, 3.63) is 34.9 Å². The van der Waals surface area contributed by atoms with E-state index < -0.39 is 6.04 Å². The van der Waals surface area contributed by atoms with Crippen molar-refractivity contribution in [2.24, 2.45) is 11.8 Å². The van der Waals surface area contributed by atoms with Gasteiger partial charge in [-0.25, -0.2) is 0 Å². The third-order valence-electron chi connectivity index (χ3n) is 6.79. The summed E-state index contributed by atoms with van der Waals surface area (Å²) in [6, 6.07) is 6.00. The Hall–Kier alpha value is -2.25. The number of carbonyl (C=O) groups excluding carboxylic acids is 3. The topological polar surface area (TPSA) is 90.5 Å². The lowest BCUT2D eigenvalue weighted by Crippen LogP contribution is -2.52. The molecule has 3 amide bonds. The molecule has 7 nitrogen and oxygen atoms in total. The zero-order chi connectivity index (χ0) is 19.3. The minimum atomic E-state index is -0.551. The zero-order valence-corrected chi connectivity index (χ0v) is 15.9. The van der Waals surface area contributed by atoms with Crippen molar-refractivity contribution in [3.8, 4) is 0 Å². The Kier molecular flexibility index (Phi) is 4.44. The highest BCUT2D eigenvalue weighted by molar-refractivity contribution is 6.05. The molecule has 3 aliphatic heterocycles. The van der Waals surface area contributed by atoms with Gasteiger partial charge in [0.1, 0.15) is 6.04 Å². The summed E-state index contributed by atoms with van der Waals surface area (Å²) in [6.07, 6.45) is 3.25. The lowest BCUT2D eigenvalue weighted by molar-refractivity contribution is -0.136. The maximum atomic E-state index is 12.8. The number of fused-ring (bicyclic) bond motifs is 3. The second-order valence-electron chi connectivity index (χ2n) is 8.63. The molecule has 4 atom stereocenters. The zero-order valence-electron chi connectivity index (χ0n) is 15.9. The molecule has 148 valence electrons. The van der Waals surface area contributed by atoms with Crippen LogP contribution in [0.1, 0.15) is 47.2 Å². The number of piperidine rings is 2. The lowest BCUT2D eigenvalue weighted by atomic mass is 9.99. The highest BCUT2D eigenvalue weighted by Gasteiger charge is 2.39. The number of nitrogens with one attached hydrogen (secondary N) is 3. The van der Waals surface area contributed by atoms with Gasteiger partial charge in [0, 0.05) is 31.1 Å². The molecule has 28 heavy (non-hydrogen) atoms. The van der Waals surface area contributed by atoms with Gasteiger partial charge < -0.3 is 15.5 Å². The second kappa shape index (κ2) is 6.97. The molecular formula is C21H26N4O3. The standard InChI is InChI=1S/C21H26N4O3/c26-19-4-3-18(20(27)24-19)25-11-15-5-12(1-2-16(15)21(25)28)9-23-17-7-13-6-14(17)10-22-8-13/h1-2,5,13-14,17-18,22-23H,3-4,6-11H2,(H,24,26,27)/t13-,14-,17+,18?/m0/s1. The molecule has 3 N–H and O–H groups in total. The fraction of sp³-hybridized carbons (Fsp3) is 0.571. The van der Waals surface area contributed by atoms with Crippen LogP contribution in [0.15, 0.2) is 18.2 Å². The van der Waals surface area contributed by atoms with Gasteiger partial charge in [-0.15, -0.1) is 0 Å². The minimum absolute atomic E-state index is 0.111. The maximum absolute atomic E-state index is 12.8. The van der Waals surface area contributed by atoms with E-state index in [2.05, 4.69) is 22.0 Å². The van der Waals surface area contributed by atoms with Crippen molar-refractivity contribution >= 4 is 17.7 Å². The number of imide groups is 1. The van der Waals surface area contributed by atoms with Crippen molar-refractivity contribution in [2.45, 2.75) is 50.9 Å². The van der Waals surface area contributed by atoms with E-state index in [1.165, 1.54) is 18.4 Å². The van der Waals surface area contributed by atoms with Gasteiger partial charge in [0.15, 0.2) is 0 Å². The molecule has 3 fully saturated rings. The highest BCUT2D eigenvalue weighted by atomic mass is 16.2. The van der Waals surface area contributed by atoms with Crippen molar-refractivity contribution in [2.75, 3.05) is 13.1 Å². The van der Waals surface area contributed by atoms with E-state index in [1.807, 2.05) is 12.1 Å². The van der Waals surface area contributed by atoms with Crippen LogP contribution in [0, 0.1) is 11.8 Å². The number of carbonyl (C=O) groups is 3. The predicted molar refractivity (Wildman–Crippen MR) is 102 cm³/mol. The summed E-state index contributed by atoms with van der Waals surface area (Å²) >= 11 is 0. The molecular weight excluding hydrogens is 356 g/mol. The predicted octanol–water partition coefficient (Wildman–Crippen LogP) is 0.535. The largest absolute Gasteiger partial charge is 0.322 e. The fourth-order valence-electron chi connectivity index (χ4n) is 5.34. The van der Waals surface area contributed by atoms with E-state index in [-0.39, 0.29) is 24.1 Å². The average Bonchev–Trinajstić information content (AvgIpc) is 3.15. The first kappa shape index (κ1) is 17.8. The van der Waals surface area contributed by atoms with Crippen molar-refractivity contribution in [3.63, 3.8) is 0 Å². The van der Waals surface area contributed by atoms with Gasteiger partial charge >= 0.3 is 0 Å². The molecule has 1 aromatic rings. The number of hydrogen-bond donors (Lipinski definition) is 3. The summed E-state index contributed by atoms with van der Waals surface area (Å²) in [7, 11) is 0.